The molecule has 0 amide bonds. The third kappa shape index (κ3) is 9.99. The van der Waals surface area contributed by atoms with E-state index in [1.165, 1.54) is 25.7 Å². The molecule has 1 aliphatic carbocycles. The molecule has 0 heterocycles. The Labute approximate surface area is 173 Å². The number of nitrogens with zero attached hydrogens (tertiary/aromatic N) is 3. The van der Waals surface area contributed by atoms with Crippen LogP contribution in [0.15, 0.2) is 4.99 Å². The topological polar surface area (TPSA) is 42.9 Å². The monoisotopic (exact) mass is 467 g/mol. The summed E-state index contributed by atoms with van der Waals surface area (Å²) in [6.07, 6.45) is 6.67. The Hall–Kier alpha value is -0.0800. The molecule has 0 atom stereocenters. The van der Waals surface area contributed by atoms with Crippen molar-refractivity contribution in [2.75, 3.05) is 40.3 Å². The Balaban J connectivity index is 0.00000576. The van der Waals surface area contributed by atoms with Crippen molar-refractivity contribution in [3.8, 4) is 0 Å². The lowest BCUT2D eigenvalue weighted by Gasteiger charge is -2.30. The summed E-state index contributed by atoms with van der Waals surface area (Å²) >= 11 is 0. The minimum absolute atomic E-state index is 0. The molecule has 0 aromatic rings. The number of likely N-dealkylation sites (N-methyl/N-ethyl adjacent to an activating group) is 1. The fourth-order valence-corrected chi connectivity index (χ4v) is 3.68. The van der Waals surface area contributed by atoms with Crippen LogP contribution in [-0.4, -0.2) is 74.2 Å². The largest absolute Gasteiger partial charge is 0.356 e. The lowest BCUT2D eigenvalue weighted by molar-refractivity contribution is 0.173. The smallest absolute Gasteiger partial charge is 0.191 e. The number of rotatable bonds is 10. The van der Waals surface area contributed by atoms with Crippen molar-refractivity contribution >= 4 is 29.9 Å². The van der Waals surface area contributed by atoms with Gasteiger partial charge in [-0.2, -0.15) is 0 Å². The van der Waals surface area contributed by atoms with Crippen LogP contribution in [-0.2, 0) is 0 Å². The summed E-state index contributed by atoms with van der Waals surface area (Å²) in [4.78, 5) is 9.36. The van der Waals surface area contributed by atoms with Crippen LogP contribution in [0, 0.1) is 0 Å². The van der Waals surface area contributed by atoms with Crippen LogP contribution >= 0.6 is 24.0 Å². The van der Waals surface area contributed by atoms with Gasteiger partial charge >= 0.3 is 0 Å². The van der Waals surface area contributed by atoms with Crippen LogP contribution in [0.25, 0.3) is 0 Å². The molecule has 0 saturated heterocycles. The van der Waals surface area contributed by atoms with Crippen molar-refractivity contribution in [3.63, 3.8) is 0 Å². The Morgan fingerprint density at radius 2 is 1.56 bits per heavy atom. The van der Waals surface area contributed by atoms with E-state index in [9.17, 15) is 0 Å². The SMILES string of the molecule is CN=C(NCCCN(C(C)C)C(C)C)NCCN(C)C1CCCC1.I. The number of guanidine groups is 1. The van der Waals surface area contributed by atoms with E-state index in [0.29, 0.717) is 12.1 Å². The average Bonchev–Trinajstić information content (AvgIpc) is 3.06. The van der Waals surface area contributed by atoms with E-state index in [4.69, 9.17) is 0 Å². The van der Waals surface area contributed by atoms with E-state index in [0.717, 1.165) is 44.6 Å². The highest BCUT2D eigenvalue weighted by atomic mass is 127. The third-order valence-electron chi connectivity index (χ3n) is 5.14. The van der Waals surface area contributed by atoms with E-state index in [2.05, 4.69) is 60.2 Å². The Morgan fingerprint density at radius 1 is 1.00 bits per heavy atom. The van der Waals surface area contributed by atoms with Gasteiger partial charge in [-0.1, -0.05) is 12.8 Å². The molecule has 1 aliphatic rings. The highest BCUT2D eigenvalue weighted by Crippen LogP contribution is 2.21. The first-order valence-electron chi connectivity index (χ1n) is 9.86. The molecule has 0 aromatic carbocycles. The molecule has 0 unspecified atom stereocenters. The summed E-state index contributed by atoms with van der Waals surface area (Å²) in [5, 5.41) is 6.88. The predicted molar refractivity (Wildman–Crippen MR) is 121 cm³/mol. The standard InChI is InChI=1S/C19H41N5.HI/c1-16(2)24(17(3)4)14-9-12-21-19(20-5)22-13-15-23(6)18-10-7-8-11-18;/h16-18H,7-15H2,1-6H3,(H2,20,21,22);1H. The lowest BCUT2D eigenvalue weighted by atomic mass is 10.2. The quantitative estimate of drug-likeness (QED) is 0.224. The lowest BCUT2D eigenvalue weighted by Crippen LogP contribution is -2.44. The molecule has 2 N–H and O–H groups in total. The molecule has 0 aromatic heterocycles. The molecule has 150 valence electrons. The number of nitrogens with one attached hydrogen (secondary N) is 2. The highest BCUT2D eigenvalue weighted by Gasteiger charge is 2.18. The molecule has 1 rings (SSSR count). The maximum absolute atomic E-state index is 4.33. The molecule has 5 nitrogen and oxygen atoms in total. The minimum Gasteiger partial charge on any atom is -0.356 e. The van der Waals surface area contributed by atoms with E-state index >= 15 is 0 Å². The van der Waals surface area contributed by atoms with Crippen LogP contribution in [0.1, 0.15) is 59.8 Å². The fraction of sp³-hybridized carbons (Fsp3) is 0.947. The summed E-state index contributed by atoms with van der Waals surface area (Å²) in [7, 11) is 4.10. The first kappa shape index (κ1) is 24.9. The van der Waals surface area contributed by atoms with Gasteiger partial charge in [-0.25, -0.2) is 0 Å². The maximum Gasteiger partial charge on any atom is 0.191 e. The van der Waals surface area contributed by atoms with Crippen LogP contribution in [0.2, 0.25) is 0 Å². The Morgan fingerprint density at radius 3 is 2.08 bits per heavy atom. The van der Waals surface area contributed by atoms with Crippen LogP contribution in [0.5, 0.6) is 0 Å². The molecule has 0 bridgehead atoms. The second-order valence-electron chi connectivity index (χ2n) is 7.62. The summed E-state index contributed by atoms with van der Waals surface area (Å²) in [6.45, 7) is 13.2. The minimum atomic E-state index is 0. The van der Waals surface area contributed by atoms with Crippen molar-refractivity contribution in [1.29, 1.82) is 0 Å². The molecular weight excluding hydrogens is 425 g/mol. The summed E-state index contributed by atoms with van der Waals surface area (Å²) in [5.41, 5.74) is 0. The molecular formula is C19H42IN5. The second-order valence-corrected chi connectivity index (χ2v) is 7.62. The van der Waals surface area contributed by atoms with Crippen LogP contribution in [0.3, 0.4) is 0 Å². The van der Waals surface area contributed by atoms with Gasteiger partial charge in [0.05, 0.1) is 0 Å². The second kappa shape index (κ2) is 14.0. The number of hydrogen-bond donors (Lipinski definition) is 2. The average molecular weight is 467 g/mol. The maximum atomic E-state index is 4.33. The molecule has 0 aliphatic heterocycles. The van der Waals surface area contributed by atoms with Gasteiger partial charge in [0.25, 0.3) is 0 Å². The molecule has 1 fully saturated rings. The third-order valence-corrected chi connectivity index (χ3v) is 5.14. The van der Waals surface area contributed by atoms with Gasteiger partial charge in [0.15, 0.2) is 5.96 Å². The van der Waals surface area contributed by atoms with E-state index in [1.54, 1.807) is 0 Å². The van der Waals surface area contributed by atoms with Crippen molar-refractivity contribution < 1.29 is 0 Å². The normalized spacial score (nSPS) is 16.2. The van der Waals surface area contributed by atoms with E-state index < -0.39 is 0 Å². The zero-order chi connectivity index (χ0) is 17.9. The number of hydrogen-bond acceptors (Lipinski definition) is 3. The summed E-state index contributed by atoms with van der Waals surface area (Å²) in [6, 6.07) is 2.00. The summed E-state index contributed by atoms with van der Waals surface area (Å²) < 4.78 is 0. The Kier molecular flexibility index (Phi) is 14.0. The van der Waals surface area contributed by atoms with Crippen LogP contribution in [0.4, 0.5) is 0 Å². The van der Waals surface area contributed by atoms with E-state index in [1.807, 2.05) is 7.05 Å². The van der Waals surface area contributed by atoms with Gasteiger partial charge in [-0.3, -0.25) is 9.89 Å². The molecule has 6 heteroatoms. The van der Waals surface area contributed by atoms with Gasteiger partial charge in [0.2, 0.25) is 0 Å². The van der Waals surface area contributed by atoms with Crippen molar-refractivity contribution in [1.82, 2.24) is 20.4 Å². The van der Waals surface area contributed by atoms with E-state index in [-0.39, 0.29) is 24.0 Å². The predicted octanol–water partition coefficient (Wildman–Crippen LogP) is 3.15. The molecule has 1 saturated carbocycles. The van der Waals surface area contributed by atoms with Gasteiger partial charge in [0.1, 0.15) is 0 Å². The highest BCUT2D eigenvalue weighted by molar-refractivity contribution is 14.0. The number of aliphatic imine (C=N–C) groups is 1. The van der Waals surface area contributed by atoms with Gasteiger partial charge in [0, 0.05) is 51.4 Å². The molecule has 0 spiro atoms. The zero-order valence-corrected chi connectivity index (χ0v) is 19.7. The fourth-order valence-electron chi connectivity index (χ4n) is 3.68. The van der Waals surface area contributed by atoms with Crippen molar-refractivity contribution in [2.45, 2.75) is 77.9 Å². The molecule has 0 radical (unpaired) electrons. The number of halogens is 1. The Bertz CT molecular complexity index is 346. The molecule has 25 heavy (non-hydrogen) atoms. The van der Waals surface area contributed by atoms with Crippen LogP contribution < -0.4 is 10.6 Å². The van der Waals surface area contributed by atoms with Gasteiger partial charge in [-0.05, 0) is 54.0 Å². The van der Waals surface area contributed by atoms with Gasteiger partial charge < -0.3 is 15.5 Å². The first-order chi connectivity index (χ1) is 11.5. The zero-order valence-electron chi connectivity index (χ0n) is 17.3. The van der Waals surface area contributed by atoms with Crippen molar-refractivity contribution in [2.24, 2.45) is 4.99 Å². The summed E-state index contributed by atoms with van der Waals surface area (Å²) in [5.74, 6) is 0.926. The van der Waals surface area contributed by atoms with Gasteiger partial charge in [-0.15, -0.1) is 24.0 Å². The van der Waals surface area contributed by atoms with Crippen molar-refractivity contribution in [3.05, 3.63) is 0 Å². The first-order valence-corrected chi connectivity index (χ1v) is 9.86.